The van der Waals surface area contributed by atoms with E-state index in [2.05, 4.69) is 12.1 Å². The first kappa shape index (κ1) is 6.59. The van der Waals surface area contributed by atoms with E-state index in [0.29, 0.717) is 5.92 Å². The number of rotatable bonds is 0. The van der Waals surface area contributed by atoms with Gasteiger partial charge >= 0.3 is 0 Å². The fraction of sp³-hybridized carbons (Fsp3) is 0.857. The average Bonchev–Trinajstić information content (AvgIpc) is 1.89. The van der Waals surface area contributed by atoms with Crippen LogP contribution in [0.4, 0.5) is 0 Å². The molecule has 0 heterocycles. The van der Waals surface area contributed by atoms with E-state index in [-0.39, 0.29) is 0 Å². The molecule has 2 heteroatoms. The van der Waals surface area contributed by atoms with Gasteiger partial charge in [-0.1, -0.05) is 18.5 Å². The SMILES string of the molecule is CC1CCCC/C1=N/O. The molecule has 0 radical (unpaired) electrons. The number of oxime groups is 1. The third-order valence-corrected chi connectivity index (χ3v) is 2.02. The van der Waals surface area contributed by atoms with E-state index in [0.717, 1.165) is 12.1 Å². The Bertz CT molecular complexity index is 120. The molecule has 2 nitrogen and oxygen atoms in total. The Labute approximate surface area is 55.6 Å². The Morgan fingerprint density at radius 3 is 2.78 bits per heavy atom. The average molecular weight is 127 g/mol. The van der Waals surface area contributed by atoms with Crippen molar-refractivity contribution in [2.24, 2.45) is 11.1 Å². The van der Waals surface area contributed by atoms with E-state index in [9.17, 15) is 0 Å². The molecular weight excluding hydrogens is 114 g/mol. The first-order valence-corrected chi connectivity index (χ1v) is 3.55. The Morgan fingerprint density at radius 2 is 2.33 bits per heavy atom. The van der Waals surface area contributed by atoms with Crippen molar-refractivity contribution in [2.75, 3.05) is 0 Å². The molecule has 1 fully saturated rings. The summed E-state index contributed by atoms with van der Waals surface area (Å²) in [5.41, 5.74) is 0.987. The van der Waals surface area contributed by atoms with Crippen LogP contribution in [0.25, 0.3) is 0 Å². The van der Waals surface area contributed by atoms with E-state index in [1.807, 2.05) is 0 Å². The summed E-state index contributed by atoms with van der Waals surface area (Å²) in [6.45, 7) is 2.12. The molecular formula is C7H13NO. The van der Waals surface area contributed by atoms with Crippen LogP contribution in [-0.4, -0.2) is 10.9 Å². The molecule has 0 bridgehead atoms. The highest BCUT2D eigenvalue weighted by atomic mass is 16.4. The minimum Gasteiger partial charge on any atom is -0.411 e. The van der Waals surface area contributed by atoms with Gasteiger partial charge in [-0.3, -0.25) is 0 Å². The molecule has 0 aromatic rings. The summed E-state index contributed by atoms with van der Waals surface area (Å²) in [5.74, 6) is 0.517. The van der Waals surface area contributed by atoms with Gasteiger partial charge < -0.3 is 5.21 Å². The van der Waals surface area contributed by atoms with Gasteiger partial charge in [0, 0.05) is 0 Å². The largest absolute Gasteiger partial charge is 0.411 e. The van der Waals surface area contributed by atoms with Crippen molar-refractivity contribution in [3.63, 3.8) is 0 Å². The summed E-state index contributed by atoms with van der Waals surface area (Å²) in [6.07, 6.45) is 4.68. The molecule has 0 aromatic heterocycles. The smallest absolute Gasteiger partial charge is 0.0598 e. The maximum absolute atomic E-state index is 8.45. The van der Waals surface area contributed by atoms with Gasteiger partial charge in [0.05, 0.1) is 5.71 Å². The van der Waals surface area contributed by atoms with Crippen LogP contribution >= 0.6 is 0 Å². The van der Waals surface area contributed by atoms with Crippen LogP contribution in [0.1, 0.15) is 32.6 Å². The Kier molecular flexibility index (Phi) is 2.09. The number of hydrogen-bond acceptors (Lipinski definition) is 2. The van der Waals surface area contributed by atoms with E-state index in [1.54, 1.807) is 0 Å². The summed E-state index contributed by atoms with van der Waals surface area (Å²) < 4.78 is 0. The van der Waals surface area contributed by atoms with Gasteiger partial charge in [0.15, 0.2) is 0 Å². The maximum Gasteiger partial charge on any atom is 0.0598 e. The molecule has 0 amide bonds. The first-order valence-electron chi connectivity index (χ1n) is 3.55. The van der Waals surface area contributed by atoms with Gasteiger partial charge in [-0.15, -0.1) is 0 Å². The van der Waals surface area contributed by atoms with Crippen molar-refractivity contribution in [1.29, 1.82) is 0 Å². The minimum atomic E-state index is 0.517. The van der Waals surface area contributed by atoms with Gasteiger partial charge in [0.25, 0.3) is 0 Å². The van der Waals surface area contributed by atoms with Gasteiger partial charge in [-0.2, -0.15) is 0 Å². The first-order chi connectivity index (χ1) is 4.34. The van der Waals surface area contributed by atoms with E-state index >= 15 is 0 Å². The Balaban J connectivity index is 2.49. The zero-order chi connectivity index (χ0) is 6.69. The Hall–Kier alpha value is -0.530. The fourth-order valence-corrected chi connectivity index (χ4v) is 1.32. The summed E-state index contributed by atoms with van der Waals surface area (Å²) in [4.78, 5) is 0. The van der Waals surface area contributed by atoms with Crippen molar-refractivity contribution >= 4 is 5.71 Å². The van der Waals surface area contributed by atoms with Crippen molar-refractivity contribution in [1.82, 2.24) is 0 Å². The van der Waals surface area contributed by atoms with Crippen molar-refractivity contribution < 1.29 is 5.21 Å². The molecule has 1 N–H and O–H groups in total. The van der Waals surface area contributed by atoms with Crippen molar-refractivity contribution in [3.05, 3.63) is 0 Å². The summed E-state index contributed by atoms with van der Waals surface area (Å²) in [5, 5.41) is 11.7. The second kappa shape index (κ2) is 2.85. The third kappa shape index (κ3) is 1.44. The fourth-order valence-electron chi connectivity index (χ4n) is 1.32. The molecule has 1 saturated carbocycles. The lowest BCUT2D eigenvalue weighted by Gasteiger charge is -2.17. The lowest BCUT2D eigenvalue weighted by atomic mass is 9.89. The zero-order valence-corrected chi connectivity index (χ0v) is 5.80. The highest BCUT2D eigenvalue weighted by Gasteiger charge is 2.15. The monoisotopic (exact) mass is 127 g/mol. The lowest BCUT2D eigenvalue weighted by Crippen LogP contribution is -2.15. The molecule has 1 rings (SSSR count). The number of hydrogen-bond donors (Lipinski definition) is 1. The highest BCUT2D eigenvalue weighted by molar-refractivity contribution is 5.86. The standard InChI is InChI=1S/C7H13NO/c1-6-4-2-3-5-7(6)8-9/h6,9H,2-5H2,1H3/b8-7-. The van der Waals surface area contributed by atoms with Crippen LogP contribution in [0.3, 0.4) is 0 Å². The predicted octanol–water partition coefficient (Wildman–Crippen LogP) is 2.03. The molecule has 0 spiro atoms. The molecule has 1 unspecified atom stereocenters. The molecule has 0 saturated heterocycles. The highest BCUT2D eigenvalue weighted by Crippen LogP contribution is 2.20. The molecule has 9 heavy (non-hydrogen) atoms. The Morgan fingerprint density at radius 1 is 1.56 bits per heavy atom. The normalized spacial score (nSPS) is 33.0. The van der Waals surface area contributed by atoms with Crippen LogP contribution in [0, 0.1) is 5.92 Å². The van der Waals surface area contributed by atoms with Crippen molar-refractivity contribution in [3.8, 4) is 0 Å². The van der Waals surface area contributed by atoms with Crippen LogP contribution < -0.4 is 0 Å². The summed E-state index contributed by atoms with van der Waals surface area (Å²) >= 11 is 0. The topological polar surface area (TPSA) is 32.6 Å². The second-order valence-electron chi connectivity index (χ2n) is 2.74. The zero-order valence-electron chi connectivity index (χ0n) is 5.80. The van der Waals surface area contributed by atoms with Gasteiger partial charge in [0.2, 0.25) is 0 Å². The summed E-state index contributed by atoms with van der Waals surface area (Å²) in [6, 6.07) is 0. The van der Waals surface area contributed by atoms with Gasteiger partial charge in [-0.05, 0) is 25.2 Å². The molecule has 52 valence electrons. The molecule has 0 aromatic carbocycles. The molecule has 1 aliphatic rings. The van der Waals surface area contributed by atoms with Crippen LogP contribution in [0.5, 0.6) is 0 Å². The van der Waals surface area contributed by atoms with Gasteiger partial charge in [0.1, 0.15) is 0 Å². The molecule has 0 aliphatic heterocycles. The molecule has 1 aliphatic carbocycles. The van der Waals surface area contributed by atoms with E-state index in [1.165, 1.54) is 19.3 Å². The maximum atomic E-state index is 8.45. The van der Waals surface area contributed by atoms with Crippen LogP contribution in [0.15, 0.2) is 5.16 Å². The summed E-state index contributed by atoms with van der Waals surface area (Å²) in [7, 11) is 0. The quantitative estimate of drug-likeness (QED) is 0.392. The van der Waals surface area contributed by atoms with Gasteiger partial charge in [-0.25, -0.2) is 0 Å². The minimum absolute atomic E-state index is 0.517. The van der Waals surface area contributed by atoms with Crippen molar-refractivity contribution in [2.45, 2.75) is 32.6 Å². The van der Waals surface area contributed by atoms with Crippen LogP contribution in [-0.2, 0) is 0 Å². The molecule has 1 atom stereocenters. The van der Waals surface area contributed by atoms with Crippen LogP contribution in [0.2, 0.25) is 0 Å². The van der Waals surface area contributed by atoms with E-state index in [4.69, 9.17) is 5.21 Å². The second-order valence-corrected chi connectivity index (χ2v) is 2.74. The predicted molar refractivity (Wildman–Crippen MR) is 36.9 cm³/mol. The third-order valence-electron chi connectivity index (χ3n) is 2.02. The lowest BCUT2D eigenvalue weighted by molar-refractivity contribution is 0.310. The van der Waals surface area contributed by atoms with E-state index < -0.39 is 0 Å². The number of nitrogens with zero attached hydrogens (tertiary/aromatic N) is 1.